The summed E-state index contributed by atoms with van der Waals surface area (Å²) in [5, 5.41) is 20.8. The van der Waals surface area contributed by atoms with Crippen LogP contribution in [0.2, 0.25) is 0 Å². The lowest BCUT2D eigenvalue weighted by molar-refractivity contribution is -0.134. The molecule has 1 rings (SSSR count). The molecule has 1 aromatic rings. The Labute approximate surface area is 210 Å². The molecule has 0 unspecified atom stereocenters. The van der Waals surface area contributed by atoms with Gasteiger partial charge < -0.3 is 20.5 Å². The summed E-state index contributed by atoms with van der Waals surface area (Å²) in [6.07, 6.45) is 0. The van der Waals surface area contributed by atoms with Crippen molar-refractivity contribution in [3.63, 3.8) is 0 Å². The molecule has 0 fully saturated rings. The van der Waals surface area contributed by atoms with Gasteiger partial charge in [-0.05, 0) is 73.1 Å². The second-order valence-electron chi connectivity index (χ2n) is 9.02. The first-order valence-corrected chi connectivity index (χ1v) is 11.9. The zero-order valence-electron chi connectivity index (χ0n) is 22.9. The maximum atomic E-state index is 9.00. The van der Waals surface area contributed by atoms with Crippen molar-refractivity contribution in [3.8, 4) is 5.75 Å². The molecule has 0 spiro atoms. The molecule has 1 aromatic carbocycles. The molecule has 5 N–H and O–H groups in total. The largest absolute Gasteiger partial charge is 0.497 e. The smallest absolute Gasteiger partial charge is 0.300 e. The molecule has 0 radical (unpaired) electrons. The van der Waals surface area contributed by atoms with Gasteiger partial charge in [-0.25, -0.2) is 4.99 Å². The molecule has 0 amide bonds. The first-order chi connectivity index (χ1) is 16.3. The topological polar surface area (TPSA) is 132 Å². The number of hydrogen-bond donors (Lipinski definition) is 5. The molecule has 0 heterocycles. The Morgan fingerprint density at radius 2 is 1.23 bits per heavy atom. The summed E-state index contributed by atoms with van der Waals surface area (Å²) in [7, 11) is 1.66. The molecular weight excluding hydrogens is 446 g/mol. The second kappa shape index (κ2) is 17.2. The van der Waals surface area contributed by atoms with E-state index in [0.29, 0.717) is 24.4 Å². The number of guanidine groups is 3. The first kappa shape index (κ1) is 31.7. The van der Waals surface area contributed by atoms with E-state index in [-0.39, 0.29) is 24.2 Å². The predicted molar refractivity (Wildman–Crippen MR) is 145 cm³/mol. The summed E-state index contributed by atoms with van der Waals surface area (Å²) in [4.78, 5) is 23.1. The van der Waals surface area contributed by atoms with Gasteiger partial charge >= 0.3 is 0 Å². The summed E-state index contributed by atoms with van der Waals surface area (Å²) in [5.41, 5.74) is 1.07. The highest BCUT2D eigenvalue weighted by Crippen LogP contribution is 2.11. The summed E-state index contributed by atoms with van der Waals surface area (Å²) >= 11 is 0. The molecule has 10 nitrogen and oxygen atoms in total. The fourth-order valence-electron chi connectivity index (χ4n) is 2.51. The van der Waals surface area contributed by atoms with Gasteiger partial charge in [0.2, 0.25) is 5.96 Å². The van der Waals surface area contributed by atoms with Gasteiger partial charge in [-0.3, -0.25) is 25.4 Å². The average molecular weight is 492 g/mol. The predicted octanol–water partition coefficient (Wildman–Crippen LogP) is 3.35. The number of carbonyl (C=O) groups is 1. The van der Waals surface area contributed by atoms with Gasteiger partial charge in [-0.1, -0.05) is 12.1 Å². The zero-order valence-corrected chi connectivity index (χ0v) is 22.9. The van der Waals surface area contributed by atoms with Crippen LogP contribution in [0.1, 0.15) is 67.9 Å². The Balaban J connectivity index is 0.00000267. The molecule has 198 valence electrons. The fourth-order valence-corrected chi connectivity index (χ4v) is 2.51. The molecule has 0 aliphatic heterocycles. The molecule has 0 atom stereocenters. The van der Waals surface area contributed by atoms with Crippen molar-refractivity contribution in [1.29, 1.82) is 0 Å². The van der Waals surface area contributed by atoms with Gasteiger partial charge in [0.15, 0.2) is 11.9 Å². The maximum Gasteiger partial charge on any atom is 0.300 e. The van der Waals surface area contributed by atoms with Crippen LogP contribution in [0.15, 0.2) is 39.2 Å². The minimum atomic E-state index is -0.833. The van der Waals surface area contributed by atoms with E-state index in [1.807, 2.05) is 52.0 Å². The molecule has 0 aliphatic rings. The van der Waals surface area contributed by atoms with Gasteiger partial charge in [-0.15, -0.1) is 0 Å². The van der Waals surface area contributed by atoms with Gasteiger partial charge in [0.05, 0.1) is 13.7 Å². The van der Waals surface area contributed by atoms with Gasteiger partial charge in [0.1, 0.15) is 5.75 Å². The lowest BCUT2D eigenvalue weighted by atomic mass is 10.2. The van der Waals surface area contributed by atoms with Crippen LogP contribution in [0.5, 0.6) is 5.75 Å². The molecule has 0 aromatic heterocycles. The van der Waals surface area contributed by atoms with E-state index >= 15 is 0 Å². The van der Waals surface area contributed by atoms with Crippen LogP contribution in [0, 0.1) is 0 Å². The summed E-state index contributed by atoms with van der Waals surface area (Å²) in [6, 6.07) is 8.60. The van der Waals surface area contributed by atoms with E-state index in [1.165, 1.54) is 0 Å². The Kier molecular flexibility index (Phi) is 15.6. The number of methoxy groups -OCH3 is 1. The van der Waals surface area contributed by atoms with Crippen LogP contribution < -0.4 is 26.0 Å². The lowest BCUT2D eigenvalue weighted by Crippen LogP contribution is -2.54. The van der Waals surface area contributed by atoms with Crippen LogP contribution in [0.3, 0.4) is 0 Å². The number of nitrogens with zero attached hydrogens (tertiary/aromatic N) is 3. The van der Waals surface area contributed by atoms with E-state index in [4.69, 9.17) is 19.6 Å². The van der Waals surface area contributed by atoms with Crippen LogP contribution in [0.25, 0.3) is 0 Å². The third-order valence-electron chi connectivity index (χ3n) is 3.68. The second-order valence-corrected chi connectivity index (χ2v) is 9.02. The Morgan fingerprint density at radius 3 is 1.54 bits per heavy atom. The molecule has 0 aliphatic carbocycles. The lowest BCUT2D eigenvalue weighted by Gasteiger charge is -2.21. The number of aliphatic imine (C=N–C) groups is 3. The number of carboxylic acid groups (broad SMARTS) is 1. The van der Waals surface area contributed by atoms with Crippen molar-refractivity contribution >= 4 is 23.8 Å². The van der Waals surface area contributed by atoms with Crippen LogP contribution in [-0.2, 0) is 11.3 Å². The maximum absolute atomic E-state index is 9.00. The van der Waals surface area contributed by atoms with E-state index in [0.717, 1.165) is 18.2 Å². The Hall–Kier alpha value is -3.30. The van der Waals surface area contributed by atoms with Crippen LogP contribution in [0.4, 0.5) is 0 Å². The van der Waals surface area contributed by atoms with Crippen molar-refractivity contribution in [1.82, 2.24) is 21.3 Å². The summed E-state index contributed by atoms with van der Waals surface area (Å²) < 4.78 is 5.24. The molecule has 0 saturated carbocycles. The molecular formula is C25H45N7O3. The summed E-state index contributed by atoms with van der Waals surface area (Å²) in [5.74, 6) is 1.89. The quantitative estimate of drug-likeness (QED) is 0.292. The third kappa shape index (κ3) is 17.8. The highest BCUT2D eigenvalue weighted by molar-refractivity contribution is 6.06. The number of benzene rings is 1. The Morgan fingerprint density at radius 1 is 0.829 bits per heavy atom. The average Bonchev–Trinajstić information content (AvgIpc) is 2.70. The van der Waals surface area contributed by atoms with Crippen molar-refractivity contribution in [3.05, 3.63) is 29.8 Å². The third-order valence-corrected chi connectivity index (χ3v) is 3.68. The fraction of sp³-hybridized carbons (Fsp3) is 0.600. The van der Waals surface area contributed by atoms with E-state index in [1.54, 1.807) is 7.11 Å². The SMILES string of the molecule is CC(=O)O.COc1ccc(CN=C(NC(=NC(C)C)NC(C)C)NC(=NC(C)C)NC(C)C)cc1. The number of aliphatic carboxylic acids is 1. The highest BCUT2D eigenvalue weighted by Gasteiger charge is 2.11. The van der Waals surface area contributed by atoms with Gasteiger partial charge in [0.25, 0.3) is 5.97 Å². The van der Waals surface area contributed by atoms with Crippen LogP contribution >= 0.6 is 0 Å². The monoisotopic (exact) mass is 491 g/mol. The van der Waals surface area contributed by atoms with Crippen molar-refractivity contribution in [2.24, 2.45) is 15.0 Å². The van der Waals surface area contributed by atoms with Crippen molar-refractivity contribution in [2.75, 3.05) is 7.11 Å². The first-order valence-electron chi connectivity index (χ1n) is 11.9. The minimum absolute atomic E-state index is 0.133. The molecule has 0 saturated heterocycles. The van der Waals surface area contributed by atoms with Crippen LogP contribution in [-0.4, -0.2) is 60.2 Å². The zero-order chi connectivity index (χ0) is 27.0. The van der Waals surface area contributed by atoms with Gasteiger partial charge in [-0.2, -0.15) is 0 Å². The molecule has 35 heavy (non-hydrogen) atoms. The van der Waals surface area contributed by atoms with Gasteiger partial charge in [0, 0.05) is 31.1 Å². The number of ether oxygens (including phenoxy) is 1. The Bertz CT molecular complexity index is 790. The number of nitrogens with one attached hydrogen (secondary N) is 4. The van der Waals surface area contributed by atoms with Crippen molar-refractivity contribution in [2.45, 2.75) is 93.0 Å². The number of carboxylic acids is 1. The van der Waals surface area contributed by atoms with Crippen molar-refractivity contribution < 1.29 is 14.6 Å². The highest BCUT2D eigenvalue weighted by atomic mass is 16.5. The molecule has 10 heteroatoms. The molecule has 0 bridgehead atoms. The number of hydrogen-bond acceptors (Lipinski definition) is 5. The summed E-state index contributed by atoms with van der Waals surface area (Å²) in [6.45, 7) is 18.0. The standard InChI is InChI=1S/C23H41N7O.C2H4O2/c1-15(2)25-22(26-16(3)4)29-21(30-23(27-17(5)6)28-18(7)8)24-14-19-10-12-20(31-9)13-11-19;1-2(3)4/h10-13,15-18H,14H2,1-9H3,(H4,24,25,26,27,28,29,30);1H3,(H,3,4). The minimum Gasteiger partial charge on any atom is -0.497 e. The van der Waals surface area contributed by atoms with E-state index in [9.17, 15) is 0 Å². The number of rotatable bonds is 7. The van der Waals surface area contributed by atoms with E-state index in [2.05, 4.69) is 58.9 Å². The van der Waals surface area contributed by atoms with E-state index < -0.39 is 5.97 Å². The normalized spacial score (nSPS) is 11.7.